The first kappa shape index (κ1) is 33.2. The largest absolute Gasteiger partial charge is 1.00 e. The quantitative estimate of drug-likeness (QED) is 0.222. The summed E-state index contributed by atoms with van der Waals surface area (Å²) in [5.74, 6) is -2.20. The molecule has 4 rings (SSSR count). The zero-order valence-corrected chi connectivity index (χ0v) is 26.1. The number of carboxylic acid groups (broad SMARTS) is 1. The van der Waals surface area contributed by atoms with Crippen LogP contribution < -0.4 is 40.0 Å². The molecule has 3 N–H and O–H groups in total. The fourth-order valence-corrected chi connectivity index (χ4v) is 5.19. The van der Waals surface area contributed by atoms with Crippen LogP contribution in [0.5, 0.6) is 0 Å². The van der Waals surface area contributed by atoms with Gasteiger partial charge in [-0.1, -0.05) is 62.4 Å². The number of nitrogens with zero attached hydrogens (tertiary/aromatic N) is 1. The first-order valence-electron chi connectivity index (χ1n) is 13.7. The summed E-state index contributed by atoms with van der Waals surface area (Å²) in [5, 5.41) is 34.6. The summed E-state index contributed by atoms with van der Waals surface area (Å²) in [6.07, 6.45) is -2.77. The molecule has 0 aliphatic heterocycles. The van der Waals surface area contributed by atoms with Crippen LogP contribution in [0.2, 0.25) is 0 Å². The van der Waals surface area contributed by atoms with Gasteiger partial charge in [0.05, 0.1) is 23.5 Å². The number of rotatable bonds is 12. The van der Waals surface area contributed by atoms with Crippen molar-refractivity contribution in [3.63, 3.8) is 0 Å². The second-order valence-electron chi connectivity index (χ2n) is 10.4. The molecule has 2 unspecified atom stereocenters. The number of benzene rings is 3. The molecule has 0 spiro atoms. The average molecular weight is 581 g/mol. The normalized spacial score (nSPS) is 12.4. The van der Waals surface area contributed by atoms with Crippen LogP contribution in [0.25, 0.3) is 22.4 Å². The molecule has 0 saturated heterocycles. The number of hydrogen-bond acceptors (Lipinski definition) is 5. The van der Waals surface area contributed by atoms with E-state index in [1.165, 1.54) is 12.1 Å². The van der Waals surface area contributed by atoms with Gasteiger partial charge in [0, 0.05) is 35.9 Å². The van der Waals surface area contributed by atoms with Crippen LogP contribution in [0.4, 0.5) is 10.1 Å². The number of aliphatic hydroxyl groups is 2. The van der Waals surface area contributed by atoms with Crippen molar-refractivity contribution in [3.8, 4) is 22.4 Å². The molecule has 42 heavy (non-hydrogen) atoms. The molecule has 1 heterocycles. The Bertz CT molecular complexity index is 1470. The zero-order valence-electron chi connectivity index (χ0n) is 24.1. The molecule has 214 valence electrons. The third-order valence-electron chi connectivity index (χ3n) is 6.92. The Labute approximate surface area is 267 Å². The molecule has 0 saturated carbocycles. The van der Waals surface area contributed by atoms with Crippen LogP contribution in [0, 0.1) is 5.82 Å². The second-order valence-corrected chi connectivity index (χ2v) is 10.4. The summed E-state index contributed by atoms with van der Waals surface area (Å²) < 4.78 is 16.0. The average Bonchev–Trinajstić information content (AvgIpc) is 3.28. The Morgan fingerprint density at radius 2 is 1.48 bits per heavy atom. The second kappa shape index (κ2) is 15.3. The van der Waals surface area contributed by atoms with E-state index >= 15 is 0 Å². The van der Waals surface area contributed by atoms with Crippen LogP contribution in [0.3, 0.4) is 0 Å². The van der Waals surface area contributed by atoms with E-state index in [0.29, 0.717) is 28.1 Å². The maximum atomic E-state index is 14.0. The van der Waals surface area contributed by atoms with Crippen LogP contribution >= 0.6 is 0 Å². The topological polar surface area (TPSA) is 115 Å². The molecule has 4 aromatic rings. The monoisotopic (exact) mass is 580 g/mol. The number of aliphatic carboxylic acids is 1. The van der Waals surface area contributed by atoms with Gasteiger partial charge in [-0.05, 0) is 66.3 Å². The van der Waals surface area contributed by atoms with Crippen molar-refractivity contribution in [2.24, 2.45) is 0 Å². The first-order chi connectivity index (χ1) is 19.7. The molecule has 1 amide bonds. The van der Waals surface area contributed by atoms with Crippen molar-refractivity contribution >= 4 is 17.6 Å². The molecule has 1 aromatic heterocycles. The number of aromatic nitrogens is 1. The summed E-state index contributed by atoms with van der Waals surface area (Å²) in [6, 6.07) is 24.7. The van der Waals surface area contributed by atoms with Crippen molar-refractivity contribution in [1.82, 2.24) is 4.57 Å². The van der Waals surface area contributed by atoms with Crippen molar-refractivity contribution in [2.45, 2.75) is 57.8 Å². The van der Waals surface area contributed by atoms with Crippen LogP contribution in [-0.4, -0.2) is 38.9 Å². The maximum absolute atomic E-state index is 14.0. The molecule has 7 nitrogen and oxygen atoms in total. The Hall–Kier alpha value is -3.27. The van der Waals surface area contributed by atoms with Gasteiger partial charge >= 0.3 is 29.6 Å². The van der Waals surface area contributed by atoms with Crippen molar-refractivity contribution in [3.05, 3.63) is 102 Å². The van der Waals surface area contributed by atoms with Gasteiger partial charge in [-0.25, -0.2) is 4.39 Å². The smallest absolute Gasteiger partial charge is 0.550 e. The molecule has 0 fully saturated rings. The zero-order chi connectivity index (χ0) is 29.5. The summed E-state index contributed by atoms with van der Waals surface area (Å²) in [7, 11) is 0. The number of carboxylic acids is 1. The van der Waals surface area contributed by atoms with Crippen molar-refractivity contribution < 1.29 is 58.9 Å². The Morgan fingerprint density at radius 3 is 2.05 bits per heavy atom. The number of amides is 1. The molecule has 9 heteroatoms. The molecule has 0 radical (unpaired) electrons. The number of carbonyl (C=O) groups excluding carboxylic acids is 2. The summed E-state index contributed by atoms with van der Waals surface area (Å²) >= 11 is 0. The maximum Gasteiger partial charge on any atom is 1.00 e. The molecule has 0 bridgehead atoms. The number of halogens is 1. The van der Waals surface area contributed by atoms with E-state index in [4.69, 9.17) is 0 Å². The molecule has 0 aliphatic carbocycles. The minimum Gasteiger partial charge on any atom is -0.550 e. The van der Waals surface area contributed by atoms with Gasteiger partial charge in [-0.2, -0.15) is 0 Å². The van der Waals surface area contributed by atoms with Crippen LogP contribution in [0.15, 0.2) is 84.9 Å². The summed E-state index contributed by atoms with van der Waals surface area (Å²) in [5.41, 5.74) is 4.72. The van der Waals surface area contributed by atoms with Gasteiger partial charge < -0.3 is 30.0 Å². The van der Waals surface area contributed by atoms with Gasteiger partial charge in [-0.3, -0.25) is 4.79 Å². The Balaban J connectivity index is 0.00000484. The van der Waals surface area contributed by atoms with E-state index in [2.05, 4.69) is 5.32 Å². The molecule has 3 aromatic carbocycles. The molecular weight excluding hydrogens is 546 g/mol. The number of carbonyl (C=O) groups is 2. The van der Waals surface area contributed by atoms with Crippen LogP contribution in [0.1, 0.15) is 55.1 Å². The third-order valence-corrected chi connectivity index (χ3v) is 6.92. The number of anilines is 1. The predicted octanol–water partition coefficient (Wildman–Crippen LogP) is 1.98. The Morgan fingerprint density at radius 1 is 0.881 bits per heavy atom. The molecule has 2 atom stereocenters. The van der Waals surface area contributed by atoms with Gasteiger partial charge in [0.1, 0.15) is 5.82 Å². The van der Waals surface area contributed by atoms with E-state index in [1.54, 1.807) is 24.3 Å². The van der Waals surface area contributed by atoms with Gasteiger partial charge in [0.2, 0.25) is 0 Å². The van der Waals surface area contributed by atoms with Gasteiger partial charge in [0.15, 0.2) is 0 Å². The van der Waals surface area contributed by atoms with Crippen molar-refractivity contribution in [2.75, 3.05) is 5.32 Å². The van der Waals surface area contributed by atoms with E-state index in [0.717, 1.165) is 11.3 Å². The van der Waals surface area contributed by atoms with E-state index in [-0.39, 0.29) is 60.8 Å². The number of aliphatic hydroxyl groups excluding tert-OH is 2. The van der Waals surface area contributed by atoms with E-state index < -0.39 is 30.4 Å². The van der Waals surface area contributed by atoms with Gasteiger partial charge in [0.25, 0.3) is 5.91 Å². The van der Waals surface area contributed by atoms with Crippen molar-refractivity contribution in [1.29, 1.82) is 0 Å². The number of para-hydroxylation sites is 1. The van der Waals surface area contributed by atoms with Crippen LogP contribution in [-0.2, 0) is 11.3 Å². The fourth-order valence-electron chi connectivity index (χ4n) is 5.19. The molecular formula is C33H34FN2NaO5. The molecule has 0 aliphatic rings. The van der Waals surface area contributed by atoms with Gasteiger partial charge in [-0.15, -0.1) is 0 Å². The number of nitrogens with one attached hydrogen (secondary N) is 1. The standard InChI is InChI=1S/C33H35FN2O5.Na/c1-21(2)31-30(33(41)35-25-11-7-4-8-12-25)29(22-9-5-3-6-10-22)32(23-13-15-24(34)16-14-23)36(31)18-17-26(37)19-27(38)20-28(39)40;/h3-16,21,26-27,37-38H,17-20H2,1-2H3,(H,35,41)(H,39,40);/q;+1/p-1. The third kappa shape index (κ3) is 8.18. The summed E-state index contributed by atoms with van der Waals surface area (Å²) in [6.45, 7) is 4.22. The van der Waals surface area contributed by atoms with E-state index in [1.807, 2.05) is 66.9 Å². The first-order valence-corrected chi connectivity index (χ1v) is 13.7. The van der Waals surface area contributed by atoms with E-state index in [9.17, 15) is 29.3 Å². The number of hydrogen-bond donors (Lipinski definition) is 3. The minimum absolute atomic E-state index is 0. The minimum atomic E-state index is -1.39. The summed E-state index contributed by atoms with van der Waals surface area (Å²) in [4.78, 5) is 24.9. The SMILES string of the molecule is CC(C)c1c(C(=O)Nc2ccccc2)c(-c2ccccc2)c(-c2ccc(F)cc2)n1CCC(O)CC(O)CC(=O)[O-].[Na+]. The fraction of sp³-hybridized carbons (Fsp3) is 0.273. The Kier molecular flexibility index (Phi) is 12.1. The predicted molar refractivity (Wildman–Crippen MR) is 155 cm³/mol.